The lowest BCUT2D eigenvalue weighted by molar-refractivity contribution is -0.0256. The van der Waals surface area contributed by atoms with Crippen molar-refractivity contribution >= 4 is 24.2 Å². The van der Waals surface area contributed by atoms with Gasteiger partial charge in [-0.15, -0.1) is 0 Å². The monoisotopic (exact) mass is 356 g/mol. The third-order valence-corrected chi connectivity index (χ3v) is 8.70. The number of hydrogen-bond donors (Lipinski definition) is 0. The molecule has 0 amide bonds. The highest BCUT2D eigenvalue weighted by Gasteiger charge is 2.40. The highest BCUT2D eigenvalue weighted by atomic mass is 79.9. The zero-order chi connectivity index (χ0) is 15.0. The summed E-state index contributed by atoms with van der Waals surface area (Å²) in [4.78, 5) is 0. The molecule has 1 heterocycles. The number of halogens is 1. The highest BCUT2D eigenvalue weighted by molar-refractivity contribution is 9.10. The van der Waals surface area contributed by atoms with Crippen LogP contribution in [-0.4, -0.2) is 8.32 Å². The van der Waals surface area contributed by atoms with Gasteiger partial charge < -0.3 is 13.9 Å². The van der Waals surface area contributed by atoms with Crippen LogP contribution in [0.2, 0.25) is 18.1 Å². The van der Waals surface area contributed by atoms with E-state index in [0.717, 1.165) is 15.8 Å². The van der Waals surface area contributed by atoms with Crippen LogP contribution < -0.4 is 4.43 Å². The third-order valence-electron chi connectivity index (χ3n) is 3.86. The molecule has 0 spiro atoms. The molecule has 1 aliphatic heterocycles. The fourth-order valence-electron chi connectivity index (χ4n) is 1.60. The Hall–Kier alpha value is -0.943. The van der Waals surface area contributed by atoms with Gasteiger partial charge in [0.2, 0.25) is 8.32 Å². The molecule has 0 N–H and O–H groups in total. The van der Waals surface area contributed by atoms with Crippen molar-refractivity contribution in [2.24, 2.45) is 0 Å². The molecule has 20 heavy (non-hydrogen) atoms. The van der Waals surface area contributed by atoms with Crippen LogP contribution >= 0.6 is 15.9 Å². The van der Waals surface area contributed by atoms with E-state index in [-0.39, 0.29) is 5.04 Å². The minimum atomic E-state index is -1.90. The van der Waals surface area contributed by atoms with Crippen molar-refractivity contribution in [2.45, 2.75) is 45.2 Å². The predicted molar refractivity (Wildman–Crippen MR) is 86.0 cm³/mol. The molecular formula is C15H21BrO3Si. The Morgan fingerprint density at radius 3 is 2.30 bits per heavy atom. The van der Waals surface area contributed by atoms with Gasteiger partial charge in [0.1, 0.15) is 18.3 Å². The van der Waals surface area contributed by atoms with Crippen LogP contribution in [0, 0.1) is 0 Å². The normalized spacial score (nSPS) is 15.9. The molecule has 0 fully saturated rings. The quantitative estimate of drug-likeness (QED) is 0.683. The van der Waals surface area contributed by atoms with Crippen molar-refractivity contribution in [1.82, 2.24) is 0 Å². The van der Waals surface area contributed by atoms with Gasteiger partial charge in [-0.1, -0.05) is 36.7 Å². The summed E-state index contributed by atoms with van der Waals surface area (Å²) in [7, 11) is -1.90. The van der Waals surface area contributed by atoms with Gasteiger partial charge in [0.25, 0.3) is 6.29 Å². The van der Waals surface area contributed by atoms with E-state index in [1.165, 1.54) is 0 Å². The molecule has 0 aromatic heterocycles. The molecule has 5 heteroatoms. The van der Waals surface area contributed by atoms with Gasteiger partial charge in [0.05, 0.1) is 5.56 Å². The first kappa shape index (κ1) is 15.4. The Labute approximate surface area is 130 Å². The van der Waals surface area contributed by atoms with Crippen LogP contribution in [0.15, 0.2) is 35.2 Å². The Morgan fingerprint density at radius 2 is 1.75 bits per heavy atom. The summed E-state index contributed by atoms with van der Waals surface area (Å²) in [6.07, 6.45) is 2.70. The number of rotatable bonds is 3. The van der Waals surface area contributed by atoms with Crippen molar-refractivity contribution in [1.29, 1.82) is 0 Å². The van der Waals surface area contributed by atoms with Crippen molar-refractivity contribution in [2.75, 3.05) is 0 Å². The smallest absolute Gasteiger partial charge is 0.269 e. The van der Waals surface area contributed by atoms with Crippen LogP contribution in [0.5, 0.6) is 5.75 Å². The molecule has 3 nitrogen and oxygen atoms in total. The average molecular weight is 357 g/mol. The lowest BCUT2D eigenvalue weighted by atomic mass is 10.2. The molecule has 110 valence electrons. The van der Waals surface area contributed by atoms with E-state index in [1.54, 1.807) is 12.5 Å². The molecule has 0 unspecified atom stereocenters. The van der Waals surface area contributed by atoms with Crippen LogP contribution in [0.25, 0.3) is 0 Å². The molecule has 0 saturated heterocycles. The fraction of sp³-hybridized carbons (Fsp3) is 0.467. The van der Waals surface area contributed by atoms with Crippen LogP contribution in [-0.2, 0) is 9.47 Å². The number of benzene rings is 1. The van der Waals surface area contributed by atoms with Gasteiger partial charge in [0.15, 0.2) is 0 Å². The van der Waals surface area contributed by atoms with Gasteiger partial charge in [0, 0.05) is 4.47 Å². The molecule has 0 saturated carbocycles. The zero-order valence-electron chi connectivity index (χ0n) is 12.6. The Morgan fingerprint density at radius 1 is 1.15 bits per heavy atom. The fourth-order valence-corrected chi connectivity index (χ4v) is 2.98. The lowest BCUT2D eigenvalue weighted by Crippen LogP contribution is -2.44. The van der Waals surface area contributed by atoms with Gasteiger partial charge in [-0.2, -0.15) is 0 Å². The number of hydrogen-bond acceptors (Lipinski definition) is 3. The lowest BCUT2D eigenvalue weighted by Gasteiger charge is -2.37. The van der Waals surface area contributed by atoms with Crippen molar-refractivity contribution in [3.63, 3.8) is 0 Å². The largest absolute Gasteiger partial charge is 0.543 e. The average Bonchev–Trinajstić information content (AvgIpc) is 2.80. The van der Waals surface area contributed by atoms with Crippen molar-refractivity contribution in [3.8, 4) is 5.75 Å². The maximum absolute atomic E-state index is 6.41. The van der Waals surface area contributed by atoms with E-state index < -0.39 is 14.6 Å². The summed E-state index contributed by atoms with van der Waals surface area (Å²) in [5, 5.41) is 0.141. The standard InChI is InChI=1S/C15H21BrO3Si/c1-15(2,3)20(4,5)19-13-10-11(16)6-7-12(13)14-17-8-9-18-14/h6-10,14H,1-5H3. The van der Waals surface area contributed by atoms with E-state index in [4.69, 9.17) is 13.9 Å². The minimum absolute atomic E-state index is 0.141. The maximum atomic E-state index is 6.41. The van der Waals surface area contributed by atoms with E-state index in [1.807, 2.05) is 18.2 Å². The molecule has 0 atom stereocenters. The van der Waals surface area contributed by atoms with Gasteiger partial charge in [-0.05, 0) is 36.3 Å². The van der Waals surface area contributed by atoms with Crippen LogP contribution in [0.4, 0.5) is 0 Å². The van der Waals surface area contributed by atoms with E-state index >= 15 is 0 Å². The summed E-state index contributed by atoms with van der Waals surface area (Å²) in [5.74, 6) is 0.833. The summed E-state index contributed by atoms with van der Waals surface area (Å²) >= 11 is 3.50. The van der Waals surface area contributed by atoms with Crippen molar-refractivity contribution < 1.29 is 13.9 Å². The first-order valence-electron chi connectivity index (χ1n) is 6.65. The zero-order valence-corrected chi connectivity index (χ0v) is 15.2. The van der Waals surface area contributed by atoms with Gasteiger partial charge >= 0.3 is 0 Å². The summed E-state index contributed by atoms with van der Waals surface area (Å²) in [5.41, 5.74) is 0.919. The van der Waals surface area contributed by atoms with E-state index in [9.17, 15) is 0 Å². The predicted octanol–water partition coefficient (Wildman–Crippen LogP) is 5.35. The van der Waals surface area contributed by atoms with E-state index in [2.05, 4.69) is 49.8 Å². The second-order valence-electron chi connectivity index (χ2n) is 6.42. The van der Waals surface area contributed by atoms with Crippen LogP contribution in [0.1, 0.15) is 32.6 Å². The van der Waals surface area contributed by atoms with Crippen molar-refractivity contribution in [3.05, 3.63) is 40.8 Å². The molecule has 0 radical (unpaired) electrons. The first-order valence-corrected chi connectivity index (χ1v) is 10.4. The molecule has 2 rings (SSSR count). The molecule has 0 bridgehead atoms. The second kappa shape index (κ2) is 5.45. The topological polar surface area (TPSA) is 27.7 Å². The maximum Gasteiger partial charge on any atom is 0.269 e. The molecule has 1 aliphatic rings. The number of ether oxygens (including phenoxy) is 2. The molecule has 0 aliphatic carbocycles. The summed E-state index contributed by atoms with van der Waals surface area (Å²) in [6.45, 7) is 11.1. The molecular weight excluding hydrogens is 336 g/mol. The van der Waals surface area contributed by atoms with E-state index in [0.29, 0.717) is 0 Å². The highest BCUT2D eigenvalue weighted by Crippen LogP contribution is 2.41. The first-order chi connectivity index (χ1) is 9.21. The Kier molecular flexibility index (Phi) is 4.21. The molecule has 1 aromatic rings. The van der Waals surface area contributed by atoms with Gasteiger partial charge in [-0.3, -0.25) is 0 Å². The Balaban J connectivity index is 2.33. The third kappa shape index (κ3) is 3.20. The Bertz CT molecular complexity index is 512. The van der Waals surface area contributed by atoms with Crippen LogP contribution in [0.3, 0.4) is 0 Å². The minimum Gasteiger partial charge on any atom is -0.543 e. The molecule has 1 aromatic carbocycles. The SMILES string of the molecule is CC(C)(C)[Si](C)(C)Oc1cc(Br)ccc1C1OC=CO1. The summed E-state index contributed by atoms with van der Waals surface area (Å²) in [6, 6.07) is 5.93. The summed E-state index contributed by atoms with van der Waals surface area (Å²) < 4.78 is 18.3. The van der Waals surface area contributed by atoms with Gasteiger partial charge in [-0.25, -0.2) is 0 Å². The second-order valence-corrected chi connectivity index (χ2v) is 12.1.